The first-order chi connectivity index (χ1) is 11.6. The highest BCUT2D eigenvalue weighted by Crippen LogP contribution is 2.24. The summed E-state index contributed by atoms with van der Waals surface area (Å²) in [6, 6.07) is 4.97. The van der Waals surface area contributed by atoms with Gasteiger partial charge in [-0.3, -0.25) is 19.3 Å². The lowest BCUT2D eigenvalue weighted by Crippen LogP contribution is -2.27. The van der Waals surface area contributed by atoms with Gasteiger partial charge in [0.15, 0.2) is 5.78 Å². The van der Waals surface area contributed by atoms with Crippen molar-refractivity contribution in [3.63, 3.8) is 0 Å². The van der Waals surface area contributed by atoms with E-state index < -0.39 is 0 Å². The van der Waals surface area contributed by atoms with Gasteiger partial charge in [0.2, 0.25) is 12.8 Å². The minimum absolute atomic E-state index is 0.306. The van der Waals surface area contributed by atoms with E-state index in [4.69, 9.17) is 9.47 Å². The van der Waals surface area contributed by atoms with Gasteiger partial charge in [-0.25, -0.2) is 0 Å². The number of nitrogens with zero attached hydrogens (tertiary/aromatic N) is 1. The van der Waals surface area contributed by atoms with Crippen molar-refractivity contribution >= 4 is 18.6 Å². The smallest absolute Gasteiger partial charge is 0.216 e. The first-order valence-electron chi connectivity index (χ1n) is 8.24. The number of carbonyl (C=O) groups is 3. The van der Waals surface area contributed by atoms with E-state index in [9.17, 15) is 14.4 Å². The van der Waals surface area contributed by atoms with E-state index in [-0.39, 0.29) is 12.3 Å². The van der Waals surface area contributed by atoms with Gasteiger partial charge in [0.05, 0.1) is 19.8 Å². The molecule has 2 amide bonds. The maximum Gasteiger partial charge on any atom is 0.216 e. The number of imide groups is 1. The molecule has 0 heterocycles. The highest BCUT2D eigenvalue weighted by atomic mass is 16.5. The van der Waals surface area contributed by atoms with Crippen LogP contribution in [0.3, 0.4) is 0 Å². The van der Waals surface area contributed by atoms with E-state index in [1.54, 1.807) is 18.2 Å². The molecule has 0 unspecified atom stereocenters. The predicted octanol–water partition coefficient (Wildman–Crippen LogP) is 2.84. The standard InChI is InChI=1S/C18H25NO5/c1-3-5-7-23-16-9-15(18(22)12-19(13-20)14-21)10-17(11-16)24-8-6-4-2/h9-11,13-14H,3-8,12H2,1-2H3. The zero-order valence-electron chi connectivity index (χ0n) is 14.3. The molecule has 24 heavy (non-hydrogen) atoms. The minimum atomic E-state index is -0.351. The van der Waals surface area contributed by atoms with Gasteiger partial charge in [0.25, 0.3) is 0 Å². The molecule has 6 heteroatoms. The van der Waals surface area contributed by atoms with Crippen LogP contribution in [0.5, 0.6) is 11.5 Å². The van der Waals surface area contributed by atoms with Crippen LogP contribution in [-0.4, -0.2) is 43.3 Å². The molecule has 0 N–H and O–H groups in total. The largest absolute Gasteiger partial charge is 0.493 e. The zero-order valence-corrected chi connectivity index (χ0v) is 14.3. The van der Waals surface area contributed by atoms with Crippen LogP contribution in [0.4, 0.5) is 0 Å². The van der Waals surface area contributed by atoms with Crippen molar-refractivity contribution in [2.75, 3.05) is 19.8 Å². The SMILES string of the molecule is CCCCOc1cc(OCCCC)cc(C(=O)CN(C=O)C=O)c1. The summed E-state index contributed by atoms with van der Waals surface area (Å²) in [5.74, 6) is 0.740. The highest BCUT2D eigenvalue weighted by Gasteiger charge is 2.14. The monoisotopic (exact) mass is 335 g/mol. The van der Waals surface area contributed by atoms with Gasteiger partial charge < -0.3 is 9.47 Å². The van der Waals surface area contributed by atoms with Gasteiger partial charge in [0.1, 0.15) is 11.5 Å². The summed E-state index contributed by atoms with van der Waals surface area (Å²) in [6.45, 7) is 4.93. The molecule has 1 rings (SSSR count). The van der Waals surface area contributed by atoms with E-state index in [1.165, 1.54) is 0 Å². The number of hydrogen-bond donors (Lipinski definition) is 0. The molecule has 0 aliphatic heterocycles. The van der Waals surface area contributed by atoms with E-state index in [1.807, 2.05) is 0 Å². The van der Waals surface area contributed by atoms with E-state index >= 15 is 0 Å². The molecule has 0 aliphatic carbocycles. The fourth-order valence-electron chi connectivity index (χ4n) is 1.92. The van der Waals surface area contributed by atoms with Crippen molar-refractivity contribution in [1.82, 2.24) is 4.90 Å². The Balaban J connectivity index is 2.91. The summed E-state index contributed by atoms with van der Waals surface area (Å²) in [6.07, 6.45) is 4.48. The molecule has 0 fully saturated rings. The number of benzene rings is 1. The summed E-state index contributed by atoms with van der Waals surface area (Å²) in [7, 11) is 0. The quantitative estimate of drug-likeness (QED) is 0.315. The average molecular weight is 335 g/mol. The van der Waals surface area contributed by atoms with Gasteiger partial charge in [-0.2, -0.15) is 0 Å². The third kappa shape index (κ3) is 6.81. The Morgan fingerprint density at radius 3 is 1.88 bits per heavy atom. The van der Waals surface area contributed by atoms with E-state index in [0.717, 1.165) is 30.6 Å². The molecule has 132 valence electrons. The number of Topliss-reactive ketones (excluding diaryl/α,β-unsaturated/α-hetero) is 1. The Kier molecular flexibility index (Phi) is 9.19. The number of ether oxygens (including phenoxy) is 2. The molecule has 0 spiro atoms. The Bertz CT molecular complexity index is 508. The lowest BCUT2D eigenvalue weighted by atomic mass is 10.1. The maximum atomic E-state index is 12.3. The van der Waals surface area contributed by atoms with E-state index in [2.05, 4.69) is 13.8 Å². The third-order valence-electron chi connectivity index (χ3n) is 3.33. The molecule has 0 saturated carbocycles. The van der Waals surface area contributed by atoms with Crippen molar-refractivity contribution in [1.29, 1.82) is 0 Å². The fraction of sp³-hybridized carbons (Fsp3) is 0.500. The Morgan fingerprint density at radius 1 is 0.958 bits per heavy atom. The third-order valence-corrected chi connectivity index (χ3v) is 3.33. The average Bonchev–Trinajstić information content (AvgIpc) is 2.59. The van der Waals surface area contributed by atoms with Crippen molar-refractivity contribution in [2.24, 2.45) is 0 Å². The number of ketones is 1. The van der Waals surface area contributed by atoms with Crippen molar-refractivity contribution in [3.8, 4) is 11.5 Å². The molecule has 1 aromatic carbocycles. The molecule has 0 saturated heterocycles. The molecular weight excluding hydrogens is 310 g/mol. The highest BCUT2D eigenvalue weighted by molar-refractivity contribution is 6.00. The van der Waals surface area contributed by atoms with Crippen molar-refractivity contribution in [2.45, 2.75) is 39.5 Å². The summed E-state index contributed by atoms with van der Waals surface area (Å²) in [5.41, 5.74) is 0.351. The first kappa shape index (κ1) is 19.7. The fourth-order valence-corrected chi connectivity index (χ4v) is 1.92. The number of rotatable bonds is 13. The lowest BCUT2D eigenvalue weighted by molar-refractivity contribution is -0.128. The van der Waals surface area contributed by atoms with Crippen LogP contribution < -0.4 is 9.47 Å². The topological polar surface area (TPSA) is 72.9 Å². The molecule has 0 aromatic heterocycles. The van der Waals surface area contributed by atoms with Gasteiger partial charge in [0, 0.05) is 11.6 Å². The summed E-state index contributed by atoms with van der Waals surface area (Å²) in [4.78, 5) is 34.4. The molecule has 0 aliphatic rings. The summed E-state index contributed by atoms with van der Waals surface area (Å²) >= 11 is 0. The molecule has 0 radical (unpaired) electrons. The number of hydrogen-bond acceptors (Lipinski definition) is 5. The normalized spacial score (nSPS) is 10.1. The molecule has 0 atom stereocenters. The van der Waals surface area contributed by atoms with Gasteiger partial charge >= 0.3 is 0 Å². The van der Waals surface area contributed by atoms with Crippen LogP contribution >= 0.6 is 0 Å². The van der Waals surface area contributed by atoms with E-state index in [0.29, 0.717) is 43.1 Å². The Morgan fingerprint density at radius 2 is 1.46 bits per heavy atom. The zero-order chi connectivity index (χ0) is 17.8. The van der Waals surface area contributed by atoms with Crippen LogP contribution in [-0.2, 0) is 9.59 Å². The number of unbranched alkanes of at least 4 members (excludes halogenated alkanes) is 2. The second-order valence-electron chi connectivity index (χ2n) is 5.40. The molecule has 0 bridgehead atoms. The van der Waals surface area contributed by atoms with Gasteiger partial charge in [-0.05, 0) is 25.0 Å². The second-order valence-corrected chi connectivity index (χ2v) is 5.40. The van der Waals surface area contributed by atoms with Crippen LogP contribution in [0.1, 0.15) is 49.9 Å². The summed E-state index contributed by atoms with van der Waals surface area (Å²) < 4.78 is 11.3. The molecule has 6 nitrogen and oxygen atoms in total. The Labute approximate surface area is 142 Å². The van der Waals surface area contributed by atoms with Crippen molar-refractivity contribution in [3.05, 3.63) is 23.8 Å². The predicted molar refractivity (Wildman–Crippen MR) is 90.4 cm³/mol. The molecular formula is C18H25NO5. The number of carbonyl (C=O) groups excluding carboxylic acids is 3. The second kappa shape index (κ2) is 11.2. The van der Waals surface area contributed by atoms with Crippen molar-refractivity contribution < 1.29 is 23.9 Å². The van der Waals surface area contributed by atoms with Crippen LogP contribution in [0.15, 0.2) is 18.2 Å². The Hall–Kier alpha value is -2.37. The van der Waals surface area contributed by atoms with Gasteiger partial charge in [-0.1, -0.05) is 26.7 Å². The number of amides is 2. The van der Waals surface area contributed by atoms with Crippen LogP contribution in [0, 0.1) is 0 Å². The summed E-state index contributed by atoms with van der Waals surface area (Å²) in [5, 5.41) is 0. The van der Waals surface area contributed by atoms with Crippen LogP contribution in [0.25, 0.3) is 0 Å². The minimum Gasteiger partial charge on any atom is -0.493 e. The van der Waals surface area contributed by atoms with Gasteiger partial charge in [-0.15, -0.1) is 0 Å². The lowest BCUT2D eigenvalue weighted by Gasteiger charge is -2.13. The maximum absolute atomic E-state index is 12.3. The van der Waals surface area contributed by atoms with Crippen LogP contribution in [0.2, 0.25) is 0 Å². The first-order valence-corrected chi connectivity index (χ1v) is 8.24. The molecule has 1 aromatic rings.